The normalized spacial score (nSPS) is 17.4. The molecule has 0 bridgehead atoms. The molecule has 1 aromatic heterocycles. The summed E-state index contributed by atoms with van der Waals surface area (Å²) in [6.45, 7) is 10.6. The second-order valence-electron chi connectivity index (χ2n) is 7.93. The van der Waals surface area contributed by atoms with Crippen LogP contribution in [0.5, 0.6) is 0 Å². The third-order valence-electron chi connectivity index (χ3n) is 4.33. The fourth-order valence-corrected chi connectivity index (χ4v) is 3.01. The number of rotatable bonds is 4. The van der Waals surface area contributed by atoms with Crippen molar-refractivity contribution in [3.8, 4) is 0 Å². The number of likely N-dealkylation sites (tertiary alicyclic amines) is 1. The molecular weight excluding hydrogens is 320 g/mol. The minimum Gasteiger partial charge on any atom is -0.444 e. The zero-order chi connectivity index (χ0) is 18.6. The highest BCUT2D eigenvalue weighted by atomic mass is 16.6. The van der Waals surface area contributed by atoms with E-state index in [1.165, 1.54) is 0 Å². The number of carbonyl (C=O) groups excluding carboxylic acids is 2. The number of hydrogen-bond acceptors (Lipinski definition) is 4. The van der Waals surface area contributed by atoms with E-state index in [9.17, 15) is 9.59 Å². The molecule has 1 aromatic rings. The topological polar surface area (TPSA) is 76.5 Å². The van der Waals surface area contributed by atoms with Gasteiger partial charge in [-0.25, -0.2) is 9.78 Å². The van der Waals surface area contributed by atoms with Crippen LogP contribution in [-0.2, 0) is 9.53 Å². The Morgan fingerprint density at radius 3 is 2.36 bits per heavy atom. The Morgan fingerprint density at radius 1 is 1.24 bits per heavy atom. The number of imidazole rings is 1. The van der Waals surface area contributed by atoms with Gasteiger partial charge in [-0.2, -0.15) is 0 Å². The van der Waals surface area contributed by atoms with Gasteiger partial charge in [0.15, 0.2) is 0 Å². The third-order valence-corrected chi connectivity index (χ3v) is 4.33. The number of aromatic nitrogens is 2. The average Bonchev–Trinajstić information content (AvgIpc) is 3.04. The summed E-state index contributed by atoms with van der Waals surface area (Å²) in [6.07, 6.45) is 6.79. The molecule has 0 spiro atoms. The highest BCUT2D eigenvalue weighted by Gasteiger charge is 2.32. The van der Waals surface area contributed by atoms with Crippen molar-refractivity contribution < 1.29 is 14.3 Å². The molecule has 0 aliphatic carbocycles. The summed E-state index contributed by atoms with van der Waals surface area (Å²) in [5.41, 5.74) is -0.586. The van der Waals surface area contributed by atoms with Gasteiger partial charge in [0.2, 0.25) is 5.91 Å². The maximum absolute atomic E-state index is 12.9. The van der Waals surface area contributed by atoms with Crippen LogP contribution in [0.15, 0.2) is 18.7 Å². The van der Waals surface area contributed by atoms with E-state index in [4.69, 9.17) is 4.74 Å². The summed E-state index contributed by atoms with van der Waals surface area (Å²) in [7, 11) is 0. The van der Waals surface area contributed by atoms with Crippen molar-refractivity contribution in [2.45, 2.75) is 65.1 Å². The van der Waals surface area contributed by atoms with Crippen LogP contribution >= 0.6 is 0 Å². The lowest BCUT2D eigenvalue weighted by Crippen LogP contribution is -2.53. The van der Waals surface area contributed by atoms with Crippen LogP contribution in [0.2, 0.25) is 0 Å². The van der Waals surface area contributed by atoms with Crippen LogP contribution in [0.1, 0.15) is 53.5 Å². The van der Waals surface area contributed by atoms with Crippen LogP contribution in [0.3, 0.4) is 0 Å². The van der Waals surface area contributed by atoms with E-state index in [1.54, 1.807) is 27.0 Å². The molecule has 1 aliphatic heterocycles. The molecule has 7 nitrogen and oxygen atoms in total. The van der Waals surface area contributed by atoms with E-state index in [2.05, 4.69) is 14.9 Å². The molecule has 1 fully saturated rings. The Balaban J connectivity index is 1.93. The van der Waals surface area contributed by atoms with Gasteiger partial charge in [0.1, 0.15) is 11.6 Å². The van der Waals surface area contributed by atoms with Crippen molar-refractivity contribution in [2.24, 2.45) is 5.92 Å². The summed E-state index contributed by atoms with van der Waals surface area (Å²) in [4.78, 5) is 30.9. The Morgan fingerprint density at radius 2 is 1.88 bits per heavy atom. The number of carbonyl (C=O) groups is 2. The SMILES string of the molecule is CC(C)[C@H](NC(=O)OC(C)(C)C)C(=O)N1CCC(n2ccnc2)CC1. The van der Waals surface area contributed by atoms with E-state index in [1.807, 2.05) is 31.3 Å². The van der Waals surface area contributed by atoms with Gasteiger partial charge in [0, 0.05) is 31.5 Å². The summed E-state index contributed by atoms with van der Waals surface area (Å²) >= 11 is 0. The fourth-order valence-electron chi connectivity index (χ4n) is 3.01. The van der Waals surface area contributed by atoms with Gasteiger partial charge in [0.25, 0.3) is 0 Å². The highest BCUT2D eigenvalue weighted by molar-refractivity contribution is 5.86. The second-order valence-corrected chi connectivity index (χ2v) is 7.93. The number of ether oxygens (including phenoxy) is 1. The first-order valence-corrected chi connectivity index (χ1v) is 8.93. The molecule has 1 atom stereocenters. The monoisotopic (exact) mass is 350 g/mol. The fraction of sp³-hybridized carbons (Fsp3) is 0.722. The Bertz CT molecular complexity index is 570. The smallest absolute Gasteiger partial charge is 0.408 e. The predicted molar refractivity (Wildman–Crippen MR) is 95.1 cm³/mol. The Labute approximate surface area is 149 Å². The first kappa shape index (κ1) is 19.3. The van der Waals surface area contributed by atoms with E-state index in [0.29, 0.717) is 19.1 Å². The Kier molecular flexibility index (Phi) is 6.08. The van der Waals surface area contributed by atoms with Crippen molar-refractivity contribution >= 4 is 12.0 Å². The van der Waals surface area contributed by atoms with Gasteiger partial charge in [0.05, 0.1) is 6.33 Å². The van der Waals surface area contributed by atoms with Gasteiger partial charge in [-0.05, 0) is 39.5 Å². The van der Waals surface area contributed by atoms with Crippen LogP contribution in [0, 0.1) is 5.92 Å². The first-order valence-electron chi connectivity index (χ1n) is 8.93. The molecule has 0 unspecified atom stereocenters. The maximum atomic E-state index is 12.9. The van der Waals surface area contributed by atoms with Gasteiger partial charge in [-0.1, -0.05) is 13.8 Å². The zero-order valence-electron chi connectivity index (χ0n) is 15.9. The van der Waals surface area contributed by atoms with E-state index in [0.717, 1.165) is 12.8 Å². The molecule has 2 heterocycles. The number of hydrogen-bond donors (Lipinski definition) is 1. The summed E-state index contributed by atoms with van der Waals surface area (Å²) in [5.74, 6) is -0.0451. The molecule has 2 amide bonds. The van der Waals surface area contributed by atoms with Gasteiger partial charge >= 0.3 is 6.09 Å². The van der Waals surface area contributed by atoms with Crippen molar-refractivity contribution in [1.29, 1.82) is 0 Å². The lowest BCUT2D eigenvalue weighted by molar-refractivity contribution is -0.135. The van der Waals surface area contributed by atoms with Crippen molar-refractivity contribution in [3.63, 3.8) is 0 Å². The number of amides is 2. The minimum atomic E-state index is -0.586. The van der Waals surface area contributed by atoms with Gasteiger partial charge in [-0.3, -0.25) is 4.79 Å². The van der Waals surface area contributed by atoms with Crippen LogP contribution in [0.4, 0.5) is 4.79 Å². The summed E-state index contributed by atoms with van der Waals surface area (Å²) in [5, 5.41) is 2.74. The Hall–Kier alpha value is -2.05. The molecule has 0 radical (unpaired) electrons. The van der Waals surface area contributed by atoms with E-state index < -0.39 is 17.7 Å². The van der Waals surface area contributed by atoms with E-state index in [-0.39, 0.29) is 11.8 Å². The molecule has 7 heteroatoms. The minimum absolute atomic E-state index is 0.00797. The second kappa shape index (κ2) is 7.89. The molecule has 1 saturated heterocycles. The number of alkyl carbamates (subject to hydrolysis) is 1. The van der Waals surface area contributed by atoms with Crippen molar-refractivity contribution in [1.82, 2.24) is 19.8 Å². The molecule has 2 rings (SSSR count). The van der Waals surface area contributed by atoms with Gasteiger partial charge < -0.3 is 19.5 Å². The third kappa shape index (κ3) is 5.47. The number of piperidine rings is 1. The molecule has 25 heavy (non-hydrogen) atoms. The quantitative estimate of drug-likeness (QED) is 0.905. The average molecular weight is 350 g/mol. The summed E-state index contributed by atoms with van der Waals surface area (Å²) < 4.78 is 7.39. The van der Waals surface area contributed by atoms with Crippen LogP contribution < -0.4 is 5.32 Å². The van der Waals surface area contributed by atoms with Crippen LogP contribution in [-0.4, -0.2) is 51.2 Å². The van der Waals surface area contributed by atoms with Crippen LogP contribution in [0.25, 0.3) is 0 Å². The van der Waals surface area contributed by atoms with Crippen molar-refractivity contribution in [2.75, 3.05) is 13.1 Å². The molecule has 0 aromatic carbocycles. The van der Waals surface area contributed by atoms with E-state index >= 15 is 0 Å². The predicted octanol–water partition coefficient (Wildman–Crippen LogP) is 2.60. The molecule has 1 aliphatic rings. The first-order chi connectivity index (χ1) is 11.7. The maximum Gasteiger partial charge on any atom is 0.408 e. The molecule has 1 N–H and O–H groups in total. The number of nitrogens with zero attached hydrogens (tertiary/aromatic N) is 3. The summed E-state index contributed by atoms with van der Waals surface area (Å²) in [6, 6.07) is -0.192. The molecule has 140 valence electrons. The standard InChI is InChI=1S/C18H30N4O3/c1-13(2)15(20-17(24)25-18(3,4)5)16(23)21-9-6-14(7-10-21)22-11-8-19-12-22/h8,11-15H,6-7,9-10H2,1-5H3,(H,20,24)/t15-/m0/s1. The van der Waals surface area contributed by atoms with Gasteiger partial charge in [-0.15, -0.1) is 0 Å². The molecular formula is C18H30N4O3. The lowest BCUT2D eigenvalue weighted by atomic mass is 9.99. The largest absolute Gasteiger partial charge is 0.444 e. The lowest BCUT2D eigenvalue weighted by Gasteiger charge is -2.36. The number of nitrogens with one attached hydrogen (secondary N) is 1. The molecule has 0 saturated carbocycles. The highest BCUT2D eigenvalue weighted by Crippen LogP contribution is 2.23. The zero-order valence-corrected chi connectivity index (χ0v) is 15.9. The van der Waals surface area contributed by atoms with Crippen molar-refractivity contribution in [3.05, 3.63) is 18.7 Å².